The molecule has 0 aliphatic carbocycles. The Bertz CT molecular complexity index is 347. The van der Waals surface area contributed by atoms with Gasteiger partial charge in [0.25, 0.3) is 0 Å². The molecule has 0 aromatic carbocycles. The van der Waals surface area contributed by atoms with Gasteiger partial charge >= 0.3 is 5.97 Å². The molecule has 1 saturated heterocycles. The first-order valence-corrected chi connectivity index (χ1v) is 7.93. The second-order valence-electron chi connectivity index (χ2n) is 5.41. The lowest BCUT2D eigenvalue weighted by Crippen LogP contribution is -2.49. The SMILES string of the molecule is CCOC(=O)C1CCCN(C(=NC)NCCN(C)CC)C1. The lowest BCUT2D eigenvalue weighted by atomic mass is 9.98. The van der Waals surface area contributed by atoms with Crippen LogP contribution in [0.4, 0.5) is 0 Å². The summed E-state index contributed by atoms with van der Waals surface area (Å²) >= 11 is 0. The summed E-state index contributed by atoms with van der Waals surface area (Å²) in [4.78, 5) is 20.6. The normalized spacial score (nSPS) is 19.8. The molecule has 1 fully saturated rings. The molecule has 0 saturated carbocycles. The molecule has 0 spiro atoms. The first kappa shape index (κ1) is 17.8. The maximum absolute atomic E-state index is 11.9. The fourth-order valence-electron chi connectivity index (χ4n) is 2.47. The predicted molar refractivity (Wildman–Crippen MR) is 85.5 cm³/mol. The predicted octanol–water partition coefficient (Wildman–Crippen LogP) is 0.789. The van der Waals surface area contributed by atoms with E-state index in [4.69, 9.17) is 4.74 Å². The molecule has 1 heterocycles. The van der Waals surface area contributed by atoms with Crippen molar-refractivity contribution >= 4 is 11.9 Å². The van der Waals surface area contributed by atoms with Gasteiger partial charge in [-0.25, -0.2) is 0 Å². The Labute approximate surface area is 128 Å². The standard InChI is InChI=1S/C15H30N4O2/c1-5-18(4)11-9-17-15(16-3)19-10-7-8-13(12-19)14(20)21-6-2/h13H,5-12H2,1-4H3,(H,16,17). The second kappa shape index (κ2) is 9.60. The number of likely N-dealkylation sites (N-methyl/N-ethyl adjacent to an activating group) is 1. The van der Waals surface area contributed by atoms with E-state index in [0.717, 1.165) is 45.0 Å². The zero-order valence-electron chi connectivity index (χ0n) is 13.9. The van der Waals surface area contributed by atoms with E-state index in [1.54, 1.807) is 7.05 Å². The Morgan fingerprint density at radius 1 is 1.48 bits per heavy atom. The number of hydrogen-bond acceptors (Lipinski definition) is 4. The van der Waals surface area contributed by atoms with Crippen molar-refractivity contribution < 1.29 is 9.53 Å². The lowest BCUT2D eigenvalue weighted by molar-refractivity contribution is -0.149. The molecule has 0 aromatic rings. The minimum atomic E-state index is -0.0802. The summed E-state index contributed by atoms with van der Waals surface area (Å²) in [6.07, 6.45) is 1.91. The van der Waals surface area contributed by atoms with Crippen molar-refractivity contribution in [2.45, 2.75) is 26.7 Å². The van der Waals surface area contributed by atoms with Gasteiger partial charge in [0.15, 0.2) is 5.96 Å². The largest absolute Gasteiger partial charge is 0.466 e. The van der Waals surface area contributed by atoms with Crippen LogP contribution in [-0.2, 0) is 9.53 Å². The Kier molecular flexibility index (Phi) is 8.12. The zero-order chi connectivity index (χ0) is 15.7. The van der Waals surface area contributed by atoms with Crippen molar-refractivity contribution in [2.75, 3.05) is 53.4 Å². The fourth-order valence-corrected chi connectivity index (χ4v) is 2.47. The Morgan fingerprint density at radius 3 is 2.86 bits per heavy atom. The molecule has 1 unspecified atom stereocenters. The molecule has 0 radical (unpaired) electrons. The highest BCUT2D eigenvalue weighted by atomic mass is 16.5. The van der Waals surface area contributed by atoms with Gasteiger partial charge in [-0.15, -0.1) is 0 Å². The fraction of sp³-hybridized carbons (Fsp3) is 0.867. The van der Waals surface area contributed by atoms with E-state index in [1.165, 1.54) is 0 Å². The van der Waals surface area contributed by atoms with Crippen molar-refractivity contribution in [1.82, 2.24) is 15.1 Å². The molecule has 0 aromatic heterocycles. The molecule has 21 heavy (non-hydrogen) atoms. The van der Waals surface area contributed by atoms with E-state index >= 15 is 0 Å². The molecule has 6 nitrogen and oxygen atoms in total. The number of guanidine groups is 1. The van der Waals surface area contributed by atoms with Gasteiger partial charge in [0, 0.05) is 33.2 Å². The van der Waals surface area contributed by atoms with Gasteiger partial charge in [-0.1, -0.05) is 6.92 Å². The first-order chi connectivity index (χ1) is 10.1. The quantitative estimate of drug-likeness (QED) is 0.446. The number of carbonyl (C=O) groups is 1. The molecule has 1 rings (SSSR count). The van der Waals surface area contributed by atoms with E-state index in [2.05, 4.69) is 34.1 Å². The maximum Gasteiger partial charge on any atom is 0.310 e. The number of hydrogen-bond donors (Lipinski definition) is 1. The van der Waals surface area contributed by atoms with Crippen molar-refractivity contribution in [1.29, 1.82) is 0 Å². The molecular weight excluding hydrogens is 268 g/mol. The van der Waals surface area contributed by atoms with Gasteiger partial charge in [0.05, 0.1) is 12.5 Å². The zero-order valence-corrected chi connectivity index (χ0v) is 13.9. The van der Waals surface area contributed by atoms with Gasteiger partial charge in [0.2, 0.25) is 0 Å². The Morgan fingerprint density at radius 2 is 2.24 bits per heavy atom. The van der Waals surface area contributed by atoms with Crippen LogP contribution in [0.25, 0.3) is 0 Å². The van der Waals surface area contributed by atoms with Crippen LogP contribution in [0.3, 0.4) is 0 Å². The van der Waals surface area contributed by atoms with Crippen LogP contribution in [0.15, 0.2) is 4.99 Å². The van der Waals surface area contributed by atoms with Gasteiger partial charge < -0.3 is 19.9 Å². The van der Waals surface area contributed by atoms with Crippen molar-refractivity contribution in [3.63, 3.8) is 0 Å². The molecule has 122 valence electrons. The number of rotatable bonds is 6. The van der Waals surface area contributed by atoms with Crippen molar-refractivity contribution in [3.8, 4) is 0 Å². The van der Waals surface area contributed by atoms with E-state index in [1.807, 2.05) is 6.92 Å². The minimum absolute atomic E-state index is 0.0319. The molecule has 0 bridgehead atoms. The van der Waals surface area contributed by atoms with Gasteiger partial charge in [-0.2, -0.15) is 0 Å². The Balaban J connectivity index is 2.47. The summed E-state index contributed by atoms with van der Waals surface area (Å²) in [7, 11) is 3.89. The number of nitrogens with one attached hydrogen (secondary N) is 1. The van der Waals surface area contributed by atoms with Crippen LogP contribution in [0.2, 0.25) is 0 Å². The van der Waals surface area contributed by atoms with E-state index in [0.29, 0.717) is 13.2 Å². The van der Waals surface area contributed by atoms with E-state index in [9.17, 15) is 4.79 Å². The molecule has 1 N–H and O–H groups in total. The molecule has 1 aliphatic rings. The third kappa shape index (κ3) is 5.91. The summed E-state index contributed by atoms with van der Waals surface area (Å²) in [5.41, 5.74) is 0. The third-order valence-electron chi connectivity index (χ3n) is 3.87. The highest BCUT2D eigenvalue weighted by molar-refractivity contribution is 5.81. The number of nitrogens with zero attached hydrogens (tertiary/aromatic N) is 3. The second-order valence-corrected chi connectivity index (χ2v) is 5.41. The van der Waals surface area contributed by atoms with E-state index in [-0.39, 0.29) is 11.9 Å². The number of likely N-dealkylation sites (tertiary alicyclic amines) is 1. The average molecular weight is 298 g/mol. The summed E-state index contributed by atoms with van der Waals surface area (Å²) in [5.74, 6) is 0.771. The van der Waals surface area contributed by atoms with Crippen LogP contribution in [0.5, 0.6) is 0 Å². The van der Waals surface area contributed by atoms with Crippen molar-refractivity contribution in [3.05, 3.63) is 0 Å². The maximum atomic E-state index is 11.9. The average Bonchev–Trinajstić information content (AvgIpc) is 2.51. The number of carbonyl (C=O) groups excluding carboxylic acids is 1. The molecule has 6 heteroatoms. The van der Waals surface area contributed by atoms with Crippen LogP contribution in [-0.4, -0.2) is 75.2 Å². The van der Waals surface area contributed by atoms with Crippen LogP contribution < -0.4 is 5.32 Å². The summed E-state index contributed by atoms with van der Waals surface area (Å²) in [5, 5.41) is 3.38. The number of ether oxygens (including phenoxy) is 1. The summed E-state index contributed by atoms with van der Waals surface area (Å²) < 4.78 is 5.14. The highest BCUT2D eigenvalue weighted by Gasteiger charge is 2.28. The molecule has 1 atom stereocenters. The highest BCUT2D eigenvalue weighted by Crippen LogP contribution is 2.17. The monoisotopic (exact) mass is 298 g/mol. The molecular formula is C15H30N4O2. The topological polar surface area (TPSA) is 57.2 Å². The number of esters is 1. The van der Waals surface area contributed by atoms with Gasteiger partial charge in [-0.05, 0) is 33.4 Å². The number of aliphatic imine (C=N–C) groups is 1. The van der Waals surface area contributed by atoms with Gasteiger partial charge in [0.1, 0.15) is 0 Å². The van der Waals surface area contributed by atoms with Crippen LogP contribution in [0.1, 0.15) is 26.7 Å². The van der Waals surface area contributed by atoms with Crippen LogP contribution >= 0.6 is 0 Å². The summed E-state index contributed by atoms with van der Waals surface area (Å²) in [6.45, 7) is 8.96. The third-order valence-corrected chi connectivity index (χ3v) is 3.87. The molecule has 1 aliphatic heterocycles. The number of piperidine rings is 1. The molecule has 0 amide bonds. The smallest absolute Gasteiger partial charge is 0.310 e. The van der Waals surface area contributed by atoms with E-state index < -0.39 is 0 Å². The van der Waals surface area contributed by atoms with Crippen molar-refractivity contribution in [2.24, 2.45) is 10.9 Å². The van der Waals surface area contributed by atoms with Crippen LogP contribution in [0, 0.1) is 5.92 Å². The first-order valence-electron chi connectivity index (χ1n) is 7.93. The minimum Gasteiger partial charge on any atom is -0.466 e. The Hall–Kier alpha value is -1.30. The lowest BCUT2D eigenvalue weighted by Gasteiger charge is -2.34. The van der Waals surface area contributed by atoms with Gasteiger partial charge in [-0.3, -0.25) is 9.79 Å². The summed E-state index contributed by atoms with van der Waals surface area (Å²) in [6, 6.07) is 0.